The minimum Gasteiger partial charge on any atom is -0.348 e. The molecule has 0 spiro atoms. The van der Waals surface area contributed by atoms with Crippen molar-refractivity contribution in [2.75, 3.05) is 13.6 Å². The fourth-order valence-electron chi connectivity index (χ4n) is 2.40. The highest BCUT2D eigenvalue weighted by Crippen LogP contribution is 2.09. The summed E-state index contributed by atoms with van der Waals surface area (Å²) < 4.78 is 12.9. The molecule has 4 nitrogen and oxygen atoms in total. The summed E-state index contributed by atoms with van der Waals surface area (Å²) in [6, 6.07) is 12.6. The van der Waals surface area contributed by atoms with E-state index < -0.39 is 0 Å². The predicted octanol–water partition coefficient (Wildman–Crippen LogP) is 3.63. The zero-order valence-corrected chi connectivity index (χ0v) is 14.6. The number of carbonyl (C=O) groups excluding carboxylic acids is 2. The minimum atomic E-state index is -0.312. The molecule has 2 rings (SSSR count). The molecule has 0 aliphatic heterocycles. The zero-order chi connectivity index (χ0) is 18.2. The van der Waals surface area contributed by atoms with Crippen molar-refractivity contribution < 1.29 is 14.0 Å². The number of hydrogen-bond donors (Lipinski definition) is 1. The molecule has 0 heterocycles. The standard InChI is InChI=1S/C20H23FN2O2/c1-3-4-12-23(2)20(25)17-7-5-6-16(13-17)19(24)22-14-15-8-10-18(21)11-9-15/h5-11,13H,3-4,12,14H2,1-2H3,(H,22,24). The molecule has 0 atom stereocenters. The molecule has 1 N–H and O–H groups in total. The third-order valence-corrected chi connectivity index (χ3v) is 3.93. The Morgan fingerprint density at radius 3 is 2.44 bits per heavy atom. The lowest BCUT2D eigenvalue weighted by Crippen LogP contribution is -2.28. The summed E-state index contributed by atoms with van der Waals surface area (Å²) in [5.74, 6) is -0.676. The van der Waals surface area contributed by atoms with E-state index in [4.69, 9.17) is 0 Å². The van der Waals surface area contributed by atoms with E-state index in [0.29, 0.717) is 24.2 Å². The average Bonchev–Trinajstić information content (AvgIpc) is 2.64. The molecule has 0 fully saturated rings. The van der Waals surface area contributed by atoms with Crippen LogP contribution >= 0.6 is 0 Å². The molecule has 0 aliphatic carbocycles. The van der Waals surface area contributed by atoms with E-state index in [-0.39, 0.29) is 17.6 Å². The summed E-state index contributed by atoms with van der Waals surface area (Å²) in [4.78, 5) is 26.4. The molecular weight excluding hydrogens is 319 g/mol. The smallest absolute Gasteiger partial charge is 0.253 e. The Morgan fingerprint density at radius 2 is 1.76 bits per heavy atom. The van der Waals surface area contributed by atoms with Crippen molar-refractivity contribution in [1.29, 1.82) is 0 Å². The van der Waals surface area contributed by atoms with Gasteiger partial charge < -0.3 is 10.2 Å². The number of unbranched alkanes of at least 4 members (excludes halogenated alkanes) is 1. The number of nitrogens with one attached hydrogen (secondary N) is 1. The average molecular weight is 342 g/mol. The molecule has 0 saturated heterocycles. The lowest BCUT2D eigenvalue weighted by molar-refractivity contribution is 0.0793. The molecule has 0 aromatic heterocycles. The molecule has 25 heavy (non-hydrogen) atoms. The maximum Gasteiger partial charge on any atom is 0.253 e. The van der Waals surface area contributed by atoms with E-state index in [9.17, 15) is 14.0 Å². The van der Waals surface area contributed by atoms with Crippen molar-refractivity contribution >= 4 is 11.8 Å². The van der Waals surface area contributed by atoms with E-state index in [1.54, 1.807) is 48.3 Å². The summed E-state index contributed by atoms with van der Waals surface area (Å²) in [5.41, 5.74) is 1.73. The van der Waals surface area contributed by atoms with Gasteiger partial charge in [0.1, 0.15) is 5.82 Å². The SMILES string of the molecule is CCCCN(C)C(=O)c1cccc(C(=O)NCc2ccc(F)cc2)c1. The molecule has 0 bridgehead atoms. The van der Waals surface area contributed by atoms with Crippen LogP contribution < -0.4 is 5.32 Å². The van der Waals surface area contributed by atoms with E-state index >= 15 is 0 Å². The van der Waals surface area contributed by atoms with Gasteiger partial charge in [-0.3, -0.25) is 9.59 Å². The highest BCUT2D eigenvalue weighted by atomic mass is 19.1. The fraction of sp³-hybridized carbons (Fsp3) is 0.300. The Bertz CT molecular complexity index is 729. The number of amides is 2. The molecular formula is C20H23FN2O2. The van der Waals surface area contributed by atoms with Crippen molar-refractivity contribution in [3.63, 3.8) is 0 Å². The van der Waals surface area contributed by atoms with Crippen LogP contribution in [0.2, 0.25) is 0 Å². The first-order chi connectivity index (χ1) is 12.0. The Balaban J connectivity index is 2.00. The van der Waals surface area contributed by atoms with Gasteiger partial charge in [0.15, 0.2) is 0 Å². The van der Waals surface area contributed by atoms with E-state index in [2.05, 4.69) is 12.2 Å². The highest BCUT2D eigenvalue weighted by molar-refractivity contribution is 5.99. The van der Waals surface area contributed by atoms with Crippen LogP contribution in [0.15, 0.2) is 48.5 Å². The Hall–Kier alpha value is -2.69. The minimum absolute atomic E-state index is 0.0957. The normalized spacial score (nSPS) is 10.4. The zero-order valence-electron chi connectivity index (χ0n) is 14.6. The van der Waals surface area contributed by atoms with Gasteiger partial charge in [-0.25, -0.2) is 4.39 Å². The fourth-order valence-corrected chi connectivity index (χ4v) is 2.40. The van der Waals surface area contributed by atoms with Crippen LogP contribution in [-0.4, -0.2) is 30.3 Å². The van der Waals surface area contributed by atoms with Crippen LogP contribution in [0.25, 0.3) is 0 Å². The molecule has 0 aliphatic rings. The third-order valence-electron chi connectivity index (χ3n) is 3.93. The Kier molecular flexibility index (Phi) is 6.69. The summed E-state index contributed by atoms with van der Waals surface area (Å²) in [6.45, 7) is 3.06. The first kappa shape index (κ1) is 18.6. The van der Waals surface area contributed by atoms with Crippen LogP contribution in [0.1, 0.15) is 46.0 Å². The van der Waals surface area contributed by atoms with Crippen LogP contribution in [0.3, 0.4) is 0 Å². The van der Waals surface area contributed by atoms with E-state index in [1.807, 2.05) is 0 Å². The second-order valence-corrected chi connectivity index (χ2v) is 5.97. The molecule has 5 heteroatoms. The molecule has 132 valence electrons. The van der Waals surface area contributed by atoms with E-state index in [1.165, 1.54) is 12.1 Å². The van der Waals surface area contributed by atoms with E-state index in [0.717, 1.165) is 18.4 Å². The van der Waals surface area contributed by atoms with Gasteiger partial charge in [0, 0.05) is 31.3 Å². The van der Waals surface area contributed by atoms with Crippen LogP contribution in [-0.2, 0) is 6.54 Å². The largest absolute Gasteiger partial charge is 0.348 e. The van der Waals surface area contributed by atoms with Crippen molar-refractivity contribution in [2.24, 2.45) is 0 Å². The first-order valence-electron chi connectivity index (χ1n) is 8.39. The van der Waals surface area contributed by atoms with Gasteiger partial charge in [0.25, 0.3) is 11.8 Å². The highest BCUT2D eigenvalue weighted by Gasteiger charge is 2.13. The summed E-state index contributed by atoms with van der Waals surface area (Å²) in [6.07, 6.45) is 1.96. The molecule has 0 radical (unpaired) electrons. The van der Waals surface area contributed by atoms with Crippen molar-refractivity contribution in [1.82, 2.24) is 10.2 Å². The number of nitrogens with zero attached hydrogens (tertiary/aromatic N) is 1. The topological polar surface area (TPSA) is 49.4 Å². The molecule has 2 aromatic carbocycles. The summed E-state index contributed by atoms with van der Waals surface area (Å²) >= 11 is 0. The van der Waals surface area contributed by atoms with Gasteiger partial charge in [-0.05, 0) is 42.3 Å². The van der Waals surface area contributed by atoms with Crippen LogP contribution in [0.4, 0.5) is 4.39 Å². The second kappa shape index (κ2) is 8.97. The van der Waals surface area contributed by atoms with Gasteiger partial charge in [-0.15, -0.1) is 0 Å². The predicted molar refractivity (Wildman–Crippen MR) is 95.9 cm³/mol. The lowest BCUT2D eigenvalue weighted by atomic mass is 10.1. The van der Waals surface area contributed by atoms with Crippen LogP contribution in [0, 0.1) is 5.82 Å². The van der Waals surface area contributed by atoms with Crippen molar-refractivity contribution in [3.05, 3.63) is 71.0 Å². The van der Waals surface area contributed by atoms with Gasteiger partial charge in [-0.1, -0.05) is 31.5 Å². The monoisotopic (exact) mass is 342 g/mol. The molecule has 2 aromatic rings. The number of halogens is 1. The maximum absolute atomic E-state index is 12.9. The molecule has 0 saturated carbocycles. The third kappa shape index (κ3) is 5.41. The number of benzene rings is 2. The van der Waals surface area contributed by atoms with Gasteiger partial charge in [0.2, 0.25) is 0 Å². The maximum atomic E-state index is 12.9. The van der Waals surface area contributed by atoms with Crippen LogP contribution in [0.5, 0.6) is 0 Å². The second-order valence-electron chi connectivity index (χ2n) is 5.97. The van der Waals surface area contributed by atoms with Gasteiger partial charge >= 0.3 is 0 Å². The Morgan fingerprint density at radius 1 is 1.08 bits per heavy atom. The van der Waals surface area contributed by atoms with Crippen molar-refractivity contribution in [2.45, 2.75) is 26.3 Å². The van der Waals surface area contributed by atoms with Gasteiger partial charge in [0.05, 0.1) is 0 Å². The Labute approximate surface area is 147 Å². The molecule has 2 amide bonds. The summed E-state index contributed by atoms with van der Waals surface area (Å²) in [7, 11) is 1.76. The summed E-state index contributed by atoms with van der Waals surface area (Å²) in [5, 5.41) is 2.78. The van der Waals surface area contributed by atoms with Crippen molar-refractivity contribution in [3.8, 4) is 0 Å². The quantitative estimate of drug-likeness (QED) is 0.835. The van der Waals surface area contributed by atoms with Gasteiger partial charge in [-0.2, -0.15) is 0 Å². The number of hydrogen-bond acceptors (Lipinski definition) is 2. The first-order valence-corrected chi connectivity index (χ1v) is 8.39. The molecule has 0 unspecified atom stereocenters. The number of carbonyl (C=O) groups is 2. The number of rotatable bonds is 7. The lowest BCUT2D eigenvalue weighted by Gasteiger charge is -2.17.